The smallest absolute Gasteiger partial charge is 0.364 e. The molecule has 0 radical (unpaired) electrons. The van der Waals surface area contributed by atoms with Crippen LogP contribution in [0.5, 0.6) is 17.2 Å². The lowest BCUT2D eigenvalue weighted by Crippen LogP contribution is -2.55. The first kappa shape index (κ1) is 29.1. The van der Waals surface area contributed by atoms with Crippen molar-refractivity contribution in [3.8, 4) is 17.2 Å². The average molecular weight is 554 g/mol. The van der Waals surface area contributed by atoms with E-state index in [-0.39, 0.29) is 34.1 Å². The number of aromatic hydroxyl groups is 2. The standard InChI is InChI=1S/C30H35NO9/c1-15(2)7-8-17-13-18(9-11-20(17)32)27(35)31-24-25(34)19-10-12-22(16(3)26(19)39-28(24)36)38-29-21(33)14-23(37-6)30(4,5)40-29/h7,9-13,21,23,29,32-34H,8,14H2,1-6H3,(H,31,35)/t21-,23?,29+/m0/s1. The van der Waals surface area contributed by atoms with Crippen LogP contribution in [0.1, 0.15) is 55.6 Å². The normalized spacial score (nSPS) is 20.2. The third-order valence-corrected chi connectivity index (χ3v) is 7.05. The monoisotopic (exact) mass is 553 g/mol. The van der Waals surface area contributed by atoms with Gasteiger partial charge in [-0.3, -0.25) is 4.79 Å². The maximum absolute atomic E-state index is 13.0. The first-order valence-electron chi connectivity index (χ1n) is 12.9. The number of nitrogens with one attached hydrogen (secondary N) is 1. The molecule has 4 rings (SSSR count). The molecule has 1 fully saturated rings. The van der Waals surface area contributed by atoms with Gasteiger partial charge in [-0.2, -0.15) is 0 Å². The highest BCUT2D eigenvalue weighted by molar-refractivity contribution is 6.06. The lowest BCUT2D eigenvalue weighted by molar-refractivity contribution is -0.271. The molecule has 3 aromatic rings. The summed E-state index contributed by atoms with van der Waals surface area (Å²) in [5, 5.41) is 34.2. The van der Waals surface area contributed by atoms with E-state index in [0.29, 0.717) is 24.0 Å². The number of phenolic OH excluding ortho intramolecular Hbond substituents is 1. The van der Waals surface area contributed by atoms with Gasteiger partial charge in [0.25, 0.3) is 5.91 Å². The molecule has 1 unspecified atom stereocenters. The fourth-order valence-electron chi connectivity index (χ4n) is 4.67. The number of fused-ring (bicyclic) bond motifs is 1. The molecule has 2 aromatic carbocycles. The van der Waals surface area contributed by atoms with Crippen LogP contribution in [0.2, 0.25) is 0 Å². The van der Waals surface area contributed by atoms with Crippen molar-refractivity contribution in [3.05, 3.63) is 69.1 Å². The third-order valence-electron chi connectivity index (χ3n) is 7.05. The second kappa shape index (κ2) is 11.3. The number of methoxy groups -OCH3 is 1. The van der Waals surface area contributed by atoms with Crippen LogP contribution in [0.25, 0.3) is 11.0 Å². The van der Waals surface area contributed by atoms with Gasteiger partial charge < -0.3 is 39.3 Å². The zero-order chi connectivity index (χ0) is 29.4. The number of anilines is 1. The molecule has 3 atom stereocenters. The molecule has 0 aliphatic carbocycles. The van der Waals surface area contributed by atoms with Gasteiger partial charge in [0, 0.05) is 24.7 Å². The number of rotatable bonds is 7. The number of phenols is 1. The van der Waals surface area contributed by atoms with E-state index in [0.717, 1.165) is 5.57 Å². The Labute approximate surface area is 231 Å². The summed E-state index contributed by atoms with van der Waals surface area (Å²) in [7, 11) is 1.55. The van der Waals surface area contributed by atoms with E-state index >= 15 is 0 Å². The van der Waals surface area contributed by atoms with E-state index in [9.17, 15) is 24.9 Å². The van der Waals surface area contributed by atoms with Crippen molar-refractivity contribution in [1.29, 1.82) is 0 Å². The Morgan fingerprint density at radius 2 is 1.93 bits per heavy atom. The minimum atomic E-state index is -0.997. The number of allylic oxidation sites excluding steroid dienone is 2. The van der Waals surface area contributed by atoms with Gasteiger partial charge in [-0.1, -0.05) is 11.6 Å². The summed E-state index contributed by atoms with van der Waals surface area (Å²) in [4.78, 5) is 25.8. The van der Waals surface area contributed by atoms with E-state index in [1.807, 2.05) is 33.8 Å². The van der Waals surface area contributed by atoms with Gasteiger partial charge >= 0.3 is 5.63 Å². The van der Waals surface area contributed by atoms with Crippen molar-refractivity contribution in [2.24, 2.45) is 0 Å². The first-order valence-corrected chi connectivity index (χ1v) is 12.9. The minimum Gasteiger partial charge on any atom is -0.508 e. The lowest BCUT2D eigenvalue weighted by atomic mass is 9.92. The number of aryl methyl sites for hydroxylation is 1. The Morgan fingerprint density at radius 1 is 1.20 bits per heavy atom. The van der Waals surface area contributed by atoms with Gasteiger partial charge in [-0.15, -0.1) is 0 Å². The van der Waals surface area contributed by atoms with Gasteiger partial charge in [0.15, 0.2) is 11.4 Å². The molecule has 4 N–H and O–H groups in total. The molecule has 0 bridgehead atoms. The number of hydrogen-bond acceptors (Lipinski definition) is 9. The molecule has 40 heavy (non-hydrogen) atoms. The van der Waals surface area contributed by atoms with Gasteiger partial charge in [-0.05, 0) is 76.9 Å². The second-order valence-corrected chi connectivity index (χ2v) is 10.7. The van der Waals surface area contributed by atoms with Crippen molar-refractivity contribution < 1.29 is 38.7 Å². The number of carbonyl (C=O) groups excluding carboxylic acids is 1. The van der Waals surface area contributed by atoms with E-state index in [4.69, 9.17) is 18.6 Å². The average Bonchev–Trinajstić information content (AvgIpc) is 2.89. The van der Waals surface area contributed by atoms with Crippen LogP contribution in [0, 0.1) is 6.92 Å². The molecule has 1 amide bonds. The number of benzene rings is 2. The third kappa shape index (κ3) is 5.84. The van der Waals surface area contributed by atoms with Crippen molar-refractivity contribution in [2.75, 3.05) is 12.4 Å². The van der Waals surface area contributed by atoms with Gasteiger partial charge in [0.2, 0.25) is 6.29 Å². The molecule has 10 nitrogen and oxygen atoms in total. The van der Waals surface area contributed by atoms with Crippen LogP contribution in [-0.4, -0.2) is 52.4 Å². The van der Waals surface area contributed by atoms with Crippen LogP contribution < -0.4 is 15.7 Å². The highest BCUT2D eigenvalue weighted by Crippen LogP contribution is 2.38. The van der Waals surface area contributed by atoms with Crippen molar-refractivity contribution in [2.45, 2.75) is 71.6 Å². The summed E-state index contributed by atoms with van der Waals surface area (Å²) >= 11 is 0. The molecule has 1 aromatic heterocycles. The molecule has 1 aliphatic heterocycles. The topological polar surface area (TPSA) is 148 Å². The summed E-state index contributed by atoms with van der Waals surface area (Å²) in [5.41, 5.74) is 0.161. The number of hydrogen-bond donors (Lipinski definition) is 4. The Kier molecular flexibility index (Phi) is 8.25. The minimum absolute atomic E-state index is 0.0452. The quantitative estimate of drug-likeness (QED) is 0.244. The zero-order valence-electron chi connectivity index (χ0n) is 23.4. The molecule has 10 heteroatoms. The Balaban J connectivity index is 1.61. The van der Waals surface area contributed by atoms with Gasteiger partial charge in [0.1, 0.15) is 23.2 Å². The summed E-state index contributed by atoms with van der Waals surface area (Å²) < 4.78 is 22.8. The summed E-state index contributed by atoms with van der Waals surface area (Å²) in [5.74, 6) is -0.785. The number of ether oxygens (including phenoxy) is 3. The lowest BCUT2D eigenvalue weighted by Gasteiger charge is -2.43. The molecule has 0 saturated carbocycles. The Bertz CT molecular complexity index is 1520. The van der Waals surface area contributed by atoms with Gasteiger partial charge in [0.05, 0.1) is 17.1 Å². The van der Waals surface area contributed by atoms with E-state index in [2.05, 4.69) is 5.32 Å². The number of carbonyl (C=O) groups is 1. The van der Waals surface area contributed by atoms with Crippen molar-refractivity contribution in [1.82, 2.24) is 0 Å². The van der Waals surface area contributed by atoms with Crippen LogP contribution in [0.4, 0.5) is 5.69 Å². The SMILES string of the molecule is COC1C[C@H](O)[C@H](Oc2ccc3c(O)c(NC(=O)c4ccc(O)c(CC=C(C)C)c4)c(=O)oc3c2C)OC1(C)C. The summed E-state index contributed by atoms with van der Waals surface area (Å²) in [6, 6.07) is 7.39. The van der Waals surface area contributed by atoms with Crippen molar-refractivity contribution in [3.63, 3.8) is 0 Å². The van der Waals surface area contributed by atoms with Crippen LogP contribution >= 0.6 is 0 Å². The fraction of sp³-hybridized carbons (Fsp3) is 0.400. The molecule has 1 aliphatic rings. The largest absolute Gasteiger partial charge is 0.508 e. The van der Waals surface area contributed by atoms with Crippen molar-refractivity contribution >= 4 is 22.6 Å². The van der Waals surface area contributed by atoms with E-state index < -0.39 is 41.0 Å². The first-order chi connectivity index (χ1) is 18.8. The maximum Gasteiger partial charge on any atom is 0.364 e. The number of aliphatic hydroxyl groups excluding tert-OH is 1. The van der Waals surface area contributed by atoms with Gasteiger partial charge in [-0.25, -0.2) is 4.79 Å². The number of aliphatic hydroxyl groups is 1. The van der Waals surface area contributed by atoms with Crippen LogP contribution in [-0.2, 0) is 15.9 Å². The highest BCUT2D eigenvalue weighted by Gasteiger charge is 2.44. The summed E-state index contributed by atoms with van der Waals surface area (Å²) in [6.07, 6.45) is 0.359. The molecule has 1 saturated heterocycles. The Hall–Kier alpha value is -3.86. The predicted molar refractivity (Wildman–Crippen MR) is 149 cm³/mol. The second-order valence-electron chi connectivity index (χ2n) is 10.7. The zero-order valence-corrected chi connectivity index (χ0v) is 23.4. The maximum atomic E-state index is 13.0. The molecular weight excluding hydrogens is 518 g/mol. The predicted octanol–water partition coefficient (Wildman–Crippen LogP) is 4.55. The molecule has 2 heterocycles. The number of amides is 1. The van der Waals surface area contributed by atoms with Crippen LogP contribution in [0.15, 0.2) is 51.2 Å². The Morgan fingerprint density at radius 3 is 2.60 bits per heavy atom. The molecule has 214 valence electrons. The van der Waals surface area contributed by atoms with E-state index in [1.165, 1.54) is 24.3 Å². The highest BCUT2D eigenvalue weighted by atomic mass is 16.7. The fourth-order valence-corrected chi connectivity index (χ4v) is 4.67. The molecular formula is C30H35NO9. The van der Waals surface area contributed by atoms with E-state index in [1.54, 1.807) is 20.1 Å². The molecule has 0 spiro atoms. The van der Waals surface area contributed by atoms with Crippen LogP contribution in [0.3, 0.4) is 0 Å². The summed E-state index contributed by atoms with van der Waals surface area (Å²) in [6.45, 7) is 9.17.